The number of hydrogen-bond donors (Lipinski definition) is 1. The number of amides is 1. The molecule has 0 spiro atoms. The molecule has 0 saturated heterocycles. The summed E-state index contributed by atoms with van der Waals surface area (Å²) < 4.78 is 10.8. The van der Waals surface area contributed by atoms with E-state index in [9.17, 15) is 4.79 Å². The van der Waals surface area contributed by atoms with Gasteiger partial charge in [0.05, 0.1) is 7.11 Å². The predicted octanol–water partition coefficient (Wildman–Crippen LogP) is 2.81. The normalized spacial score (nSPS) is 10.6. The minimum atomic E-state index is -0.227. The summed E-state index contributed by atoms with van der Waals surface area (Å²) in [6, 6.07) is 13.1. The van der Waals surface area contributed by atoms with Gasteiger partial charge in [-0.15, -0.1) is 0 Å². The van der Waals surface area contributed by atoms with E-state index in [-0.39, 0.29) is 5.91 Å². The maximum Gasteiger partial charge on any atom is 0.270 e. The SMILES string of the molecule is COc1ccnc(C(=O)NCCc2cc3ccccc3o2)c1. The number of methoxy groups -OCH3 is 1. The fourth-order valence-electron chi connectivity index (χ4n) is 2.21. The van der Waals surface area contributed by atoms with Gasteiger partial charge in [-0.05, 0) is 18.2 Å². The summed E-state index contributed by atoms with van der Waals surface area (Å²) in [5.41, 5.74) is 1.20. The Hall–Kier alpha value is -2.82. The number of nitrogens with one attached hydrogen (secondary N) is 1. The number of nitrogens with zero attached hydrogens (tertiary/aromatic N) is 1. The molecule has 2 heterocycles. The Morgan fingerprint density at radius 3 is 2.95 bits per heavy atom. The fourth-order valence-corrected chi connectivity index (χ4v) is 2.21. The molecule has 22 heavy (non-hydrogen) atoms. The van der Waals surface area contributed by atoms with Gasteiger partial charge in [-0.3, -0.25) is 9.78 Å². The minimum absolute atomic E-state index is 0.227. The molecular formula is C17H16N2O3. The smallest absolute Gasteiger partial charge is 0.270 e. The number of carbonyl (C=O) groups is 1. The molecule has 0 aliphatic rings. The monoisotopic (exact) mass is 296 g/mol. The summed E-state index contributed by atoms with van der Waals surface area (Å²) in [6.45, 7) is 0.484. The highest BCUT2D eigenvalue weighted by molar-refractivity contribution is 5.92. The lowest BCUT2D eigenvalue weighted by Gasteiger charge is -2.05. The number of para-hydroxylation sites is 1. The second-order valence-corrected chi connectivity index (χ2v) is 4.84. The number of furan rings is 1. The van der Waals surface area contributed by atoms with Crippen LogP contribution in [-0.4, -0.2) is 24.5 Å². The van der Waals surface area contributed by atoms with Crippen LogP contribution in [0.2, 0.25) is 0 Å². The van der Waals surface area contributed by atoms with Gasteiger partial charge in [0.1, 0.15) is 22.8 Å². The molecule has 0 aliphatic carbocycles. The summed E-state index contributed by atoms with van der Waals surface area (Å²) in [5, 5.41) is 3.89. The van der Waals surface area contributed by atoms with Crippen LogP contribution in [-0.2, 0) is 6.42 Å². The van der Waals surface area contributed by atoms with Gasteiger partial charge in [-0.25, -0.2) is 0 Å². The summed E-state index contributed by atoms with van der Waals surface area (Å²) >= 11 is 0. The van der Waals surface area contributed by atoms with Crippen LogP contribution in [0.15, 0.2) is 53.1 Å². The van der Waals surface area contributed by atoms with Crippen molar-refractivity contribution in [3.8, 4) is 5.75 Å². The van der Waals surface area contributed by atoms with E-state index >= 15 is 0 Å². The molecule has 112 valence electrons. The molecule has 1 aromatic carbocycles. The number of pyridine rings is 1. The van der Waals surface area contributed by atoms with Crippen LogP contribution in [0.4, 0.5) is 0 Å². The molecule has 5 nitrogen and oxygen atoms in total. The Balaban J connectivity index is 1.59. The largest absolute Gasteiger partial charge is 0.497 e. The summed E-state index contributed by atoms with van der Waals surface area (Å²) in [4.78, 5) is 16.0. The highest BCUT2D eigenvalue weighted by Crippen LogP contribution is 2.18. The zero-order chi connectivity index (χ0) is 15.4. The number of benzene rings is 1. The zero-order valence-electron chi connectivity index (χ0n) is 12.2. The summed E-state index contributed by atoms with van der Waals surface area (Å²) in [7, 11) is 1.55. The molecule has 0 bridgehead atoms. The Bertz CT molecular complexity index is 762. The first-order valence-electron chi connectivity index (χ1n) is 7.02. The van der Waals surface area contributed by atoms with Crippen LogP contribution in [0.3, 0.4) is 0 Å². The topological polar surface area (TPSA) is 64.4 Å². The van der Waals surface area contributed by atoms with E-state index in [1.807, 2.05) is 30.3 Å². The van der Waals surface area contributed by atoms with Crippen molar-refractivity contribution in [2.24, 2.45) is 0 Å². The van der Waals surface area contributed by atoms with Crippen LogP contribution in [0.25, 0.3) is 11.0 Å². The number of carbonyl (C=O) groups excluding carboxylic acids is 1. The standard InChI is InChI=1S/C17H16N2O3/c1-21-13-6-8-18-15(11-13)17(20)19-9-7-14-10-12-4-2-3-5-16(12)22-14/h2-6,8,10-11H,7,9H2,1H3,(H,19,20). The molecule has 0 atom stereocenters. The maximum absolute atomic E-state index is 12.0. The molecule has 5 heteroatoms. The van der Waals surface area contributed by atoms with Gasteiger partial charge in [0.2, 0.25) is 0 Å². The molecule has 2 aromatic heterocycles. The third-order valence-corrected chi connectivity index (χ3v) is 3.33. The molecule has 0 aliphatic heterocycles. The zero-order valence-corrected chi connectivity index (χ0v) is 12.2. The lowest BCUT2D eigenvalue weighted by molar-refractivity contribution is 0.0948. The van der Waals surface area contributed by atoms with Crippen molar-refractivity contribution in [2.45, 2.75) is 6.42 Å². The number of hydrogen-bond acceptors (Lipinski definition) is 4. The second kappa shape index (κ2) is 6.30. The van der Waals surface area contributed by atoms with Gasteiger partial charge >= 0.3 is 0 Å². The molecule has 0 saturated carbocycles. The van der Waals surface area contributed by atoms with Gasteiger partial charge < -0.3 is 14.5 Å². The lowest BCUT2D eigenvalue weighted by atomic mass is 10.2. The van der Waals surface area contributed by atoms with Gasteiger partial charge in [0.15, 0.2) is 0 Å². The third-order valence-electron chi connectivity index (χ3n) is 3.33. The Labute approximate surface area is 127 Å². The molecule has 3 rings (SSSR count). The van der Waals surface area contributed by atoms with Crippen LogP contribution >= 0.6 is 0 Å². The lowest BCUT2D eigenvalue weighted by Crippen LogP contribution is -2.26. The second-order valence-electron chi connectivity index (χ2n) is 4.84. The molecule has 3 aromatic rings. The van der Waals surface area contributed by atoms with Crippen molar-refractivity contribution in [1.82, 2.24) is 10.3 Å². The summed E-state index contributed by atoms with van der Waals surface area (Å²) in [5.74, 6) is 1.23. The maximum atomic E-state index is 12.0. The average Bonchev–Trinajstić information content (AvgIpc) is 2.97. The van der Waals surface area contributed by atoms with Gasteiger partial charge in [-0.1, -0.05) is 18.2 Å². The Morgan fingerprint density at radius 2 is 2.14 bits per heavy atom. The number of ether oxygens (including phenoxy) is 1. The number of rotatable bonds is 5. The van der Waals surface area contributed by atoms with E-state index in [4.69, 9.17) is 9.15 Å². The van der Waals surface area contributed by atoms with E-state index in [1.165, 1.54) is 0 Å². The van der Waals surface area contributed by atoms with Crippen molar-refractivity contribution >= 4 is 16.9 Å². The van der Waals surface area contributed by atoms with E-state index in [1.54, 1.807) is 25.4 Å². The molecular weight excluding hydrogens is 280 g/mol. The molecule has 1 amide bonds. The molecule has 0 fully saturated rings. The van der Waals surface area contributed by atoms with Gasteiger partial charge in [0.25, 0.3) is 5.91 Å². The van der Waals surface area contributed by atoms with Crippen molar-refractivity contribution in [1.29, 1.82) is 0 Å². The average molecular weight is 296 g/mol. The number of fused-ring (bicyclic) bond motifs is 1. The van der Waals surface area contributed by atoms with Crippen molar-refractivity contribution in [3.63, 3.8) is 0 Å². The molecule has 0 unspecified atom stereocenters. The van der Waals surface area contributed by atoms with Crippen molar-refractivity contribution in [3.05, 3.63) is 60.1 Å². The third kappa shape index (κ3) is 3.09. The van der Waals surface area contributed by atoms with Crippen LogP contribution in [0.1, 0.15) is 16.2 Å². The number of aromatic nitrogens is 1. The first kappa shape index (κ1) is 14.1. The van der Waals surface area contributed by atoms with E-state index in [0.29, 0.717) is 24.4 Å². The first-order valence-corrected chi connectivity index (χ1v) is 7.02. The Kier molecular flexibility index (Phi) is 4.05. The molecule has 1 N–H and O–H groups in total. The van der Waals surface area contributed by atoms with Crippen molar-refractivity contribution < 1.29 is 13.9 Å². The van der Waals surface area contributed by atoms with E-state index < -0.39 is 0 Å². The quantitative estimate of drug-likeness (QED) is 0.786. The minimum Gasteiger partial charge on any atom is -0.497 e. The van der Waals surface area contributed by atoms with Crippen LogP contribution in [0.5, 0.6) is 5.75 Å². The van der Waals surface area contributed by atoms with E-state index in [0.717, 1.165) is 16.7 Å². The van der Waals surface area contributed by atoms with Gasteiger partial charge in [-0.2, -0.15) is 0 Å². The fraction of sp³-hybridized carbons (Fsp3) is 0.176. The molecule has 0 radical (unpaired) electrons. The van der Waals surface area contributed by atoms with Crippen LogP contribution < -0.4 is 10.1 Å². The Morgan fingerprint density at radius 1 is 1.27 bits per heavy atom. The first-order chi connectivity index (χ1) is 10.8. The van der Waals surface area contributed by atoms with Crippen molar-refractivity contribution in [2.75, 3.05) is 13.7 Å². The predicted molar refractivity (Wildman–Crippen MR) is 83.0 cm³/mol. The van der Waals surface area contributed by atoms with Crippen LogP contribution in [0, 0.1) is 0 Å². The van der Waals surface area contributed by atoms with E-state index in [2.05, 4.69) is 10.3 Å². The highest BCUT2D eigenvalue weighted by atomic mass is 16.5. The highest BCUT2D eigenvalue weighted by Gasteiger charge is 2.09. The van der Waals surface area contributed by atoms with Gasteiger partial charge in [0, 0.05) is 30.6 Å². The summed E-state index contributed by atoms with van der Waals surface area (Å²) in [6.07, 6.45) is 2.18.